The summed E-state index contributed by atoms with van der Waals surface area (Å²) >= 11 is 0. The van der Waals surface area contributed by atoms with Gasteiger partial charge in [-0.05, 0) is 24.6 Å². The summed E-state index contributed by atoms with van der Waals surface area (Å²) in [6.45, 7) is 2.03. The van der Waals surface area contributed by atoms with Crippen molar-refractivity contribution >= 4 is 5.69 Å². The van der Waals surface area contributed by atoms with Crippen LogP contribution in [0.25, 0.3) is 0 Å². The molecule has 0 amide bonds. The number of nitrogen functional groups attached to an aromatic ring is 1. The molecule has 0 saturated carbocycles. The third kappa shape index (κ3) is 1.96. The number of halogens is 1. The van der Waals surface area contributed by atoms with E-state index in [4.69, 9.17) is 17.2 Å². The van der Waals surface area contributed by atoms with Crippen LogP contribution in [0.15, 0.2) is 12.1 Å². The molecule has 0 aliphatic rings. The summed E-state index contributed by atoms with van der Waals surface area (Å²) in [5, 5.41) is 0. The quantitative estimate of drug-likeness (QED) is 0.590. The fraction of sp³-hybridized carbons (Fsp3) is 0.333. The van der Waals surface area contributed by atoms with E-state index in [1.54, 1.807) is 6.07 Å². The first-order chi connectivity index (χ1) is 6.06. The van der Waals surface area contributed by atoms with E-state index in [2.05, 4.69) is 0 Å². The minimum atomic E-state index is -0.459. The summed E-state index contributed by atoms with van der Waals surface area (Å²) in [4.78, 5) is 0. The van der Waals surface area contributed by atoms with Gasteiger partial charge in [-0.2, -0.15) is 0 Å². The summed E-state index contributed by atoms with van der Waals surface area (Å²) in [6.07, 6.45) is 0. The molecule has 1 aromatic rings. The van der Waals surface area contributed by atoms with Gasteiger partial charge in [-0.15, -0.1) is 0 Å². The predicted octanol–water partition coefficient (Wildman–Crippen LogP) is 0.675. The van der Waals surface area contributed by atoms with E-state index in [0.717, 1.165) is 5.56 Å². The molecule has 1 rings (SSSR count). The fourth-order valence-corrected chi connectivity index (χ4v) is 1.13. The van der Waals surface area contributed by atoms with Crippen molar-refractivity contribution in [2.24, 2.45) is 11.5 Å². The summed E-state index contributed by atoms with van der Waals surface area (Å²) in [5.74, 6) is -0.388. The normalized spacial score (nSPS) is 12.9. The summed E-state index contributed by atoms with van der Waals surface area (Å²) in [7, 11) is 0. The maximum Gasteiger partial charge on any atom is 0.130 e. The van der Waals surface area contributed by atoms with Crippen molar-refractivity contribution in [3.63, 3.8) is 0 Å². The van der Waals surface area contributed by atoms with E-state index in [1.165, 1.54) is 6.07 Å². The van der Waals surface area contributed by atoms with Gasteiger partial charge >= 0.3 is 0 Å². The first kappa shape index (κ1) is 9.95. The van der Waals surface area contributed by atoms with Gasteiger partial charge in [-0.1, -0.05) is 0 Å². The van der Waals surface area contributed by atoms with Crippen LogP contribution < -0.4 is 17.2 Å². The molecule has 0 fully saturated rings. The first-order valence-electron chi connectivity index (χ1n) is 4.07. The van der Waals surface area contributed by atoms with E-state index >= 15 is 0 Å². The number of benzene rings is 1. The third-order valence-corrected chi connectivity index (χ3v) is 2.04. The third-order valence-electron chi connectivity index (χ3n) is 2.04. The minimum absolute atomic E-state index is 0.222. The molecule has 1 atom stereocenters. The lowest BCUT2D eigenvalue weighted by Crippen LogP contribution is -2.22. The Morgan fingerprint density at radius 1 is 1.46 bits per heavy atom. The zero-order valence-corrected chi connectivity index (χ0v) is 7.55. The van der Waals surface area contributed by atoms with Crippen molar-refractivity contribution in [2.45, 2.75) is 13.0 Å². The highest BCUT2D eigenvalue weighted by Crippen LogP contribution is 2.20. The number of anilines is 1. The second-order valence-corrected chi connectivity index (χ2v) is 3.07. The molecule has 0 spiro atoms. The number of aryl methyl sites for hydroxylation is 1. The van der Waals surface area contributed by atoms with Crippen LogP contribution in [0.5, 0.6) is 0 Å². The topological polar surface area (TPSA) is 78.1 Å². The zero-order valence-electron chi connectivity index (χ0n) is 7.55. The molecule has 1 aromatic carbocycles. The van der Waals surface area contributed by atoms with Gasteiger partial charge in [0.25, 0.3) is 0 Å². The van der Waals surface area contributed by atoms with Gasteiger partial charge in [0.15, 0.2) is 0 Å². The Bertz CT molecular complexity index is 312. The highest BCUT2D eigenvalue weighted by Gasteiger charge is 2.11. The summed E-state index contributed by atoms with van der Waals surface area (Å²) in [6, 6.07) is 2.46. The number of hydrogen-bond donors (Lipinski definition) is 3. The molecule has 0 saturated heterocycles. The second-order valence-electron chi connectivity index (χ2n) is 3.07. The lowest BCUT2D eigenvalue weighted by atomic mass is 10.0. The second kappa shape index (κ2) is 3.72. The Hall–Kier alpha value is -1.13. The number of rotatable bonds is 2. The van der Waals surface area contributed by atoms with Crippen LogP contribution in [-0.2, 0) is 0 Å². The molecule has 6 N–H and O–H groups in total. The molecule has 72 valence electrons. The fourth-order valence-electron chi connectivity index (χ4n) is 1.13. The maximum atomic E-state index is 13.3. The lowest BCUT2D eigenvalue weighted by molar-refractivity contribution is 0.584. The lowest BCUT2D eigenvalue weighted by Gasteiger charge is -2.12. The Kier molecular flexibility index (Phi) is 2.85. The Labute approximate surface area is 76.7 Å². The van der Waals surface area contributed by atoms with Crippen LogP contribution in [0.4, 0.5) is 10.1 Å². The van der Waals surface area contributed by atoms with Crippen LogP contribution in [0.2, 0.25) is 0 Å². The van der Waals surface area contributed by atoms with Crippen LogP contribution in [0.3, 0.4) is 0 Å². The molecule has 13 heavy (non-hydrogen) atoms. The zero-order chi connectivity index (χ0) is 10.0. The molecule has 0 bridgehead atoms. The maximum absolute atomic E-state index is 13.3. The summed E-state index contributed by atoms with van der Waals surface area (Å²) in [5.41, 5.74) is 18.1. The van der Waals surface area contributed by atoms with E-state index in [1.807, 2.05) is 6.92 Å². The van der Waals surface area contributed by atoms with E-state index in [-0.39, 0.29) is 12.4 Å². The van der Waals surface area contributed by atoms with Crippen LogP contribution in [0.1, 0.15) is 17.2 Å². The van der Waals surface area contributed by atoms with Crippen molar-refractivity contribution in [3.05, 3.63) is 29.1 Å². The monoisotopic (exact) mass is 183 g/mol. The van der Waals surface area contributed by atoms with Crippen molar-refractivity contribution in [1.82, 2.24) is 0 Å². The Balaban J connectivity index is 3.15. The number of nitrogens with two attached hydrogens (primary N) is 3. The molecule has 0 aliphatic heterocycles. The van der Waals surface area contributed by atoms with Gasteiger partial charge in [-0.3, -0.25) is 0 Å². The SMILES string of the molecule is Cc1cc([C@H](N)CN)c(F)cc1N. The molecule has 3 nitrogen and oxygen atoms in total. The van der Waals surface area contributed by atoms with E-state index < -0.39 is 6.04 Å². The van der Waals surface area contributed by atoms with Gasteiger partial charge in [-0.25, -0.2) is 4.39 Å². The molecule has 0 aliphatic carbocycles. The van der Waals surface area contributed by atoms with Crippen LogP contribution >= 0.6 is 0 Å². The van der Waals surface area contributed by atoms with Gasteiger partial charge in [0.05, 0.1) is 0 Å². The summed E-state index contributed by atoms with van der Waals surface area (Å²) < 4.78 is 13.3. The number of hydrogen-bond acceptors (Lipinski definition) is 3. The van der Waals surface area contributed by atoms with Crippen LogP contribution in [-0.4, -0.2) is 6.54 Å². The average Bonchev–Trinajstić information content (AvgIpc) is 2.10. The van der Waals surface area contributed by atoms with Crippen molar-refractivity contribution in [2.75, 3.05) is 12.3 Å². The van der Waals surface area contributed by atoms with Crippen molar-refractivity contribution < 1.29 is 4.39 Å². The highest BCUT2D eigenvalue weighted by atomic mass is 19.1. The largest absolute Gasteiger partial charge is 0.398 e. The van der Waals surface area contributed by atoms with E-state index in [9.17, 15) is 4.39 Å². The molecule has 0 radical (unpaired) electrons. The standard InChI is InChI=1S/C9H14FN3/c1-5-2-6(9(13)4-11)7(10)3-8(5)12/h2-3,9H,4,11-13H2,1H3/t9-/m1/s1. The Morgan fingerprint density at radius 2 is 2.08 bits per heavy atom. The Morgan fingerprint density at radius 3 is 2.62 bits per heavy atom. The molecular formula is C9H14FN3. The first-order valence-corrected chi connectivity index (χ1v) is 4.07. The van der Waals surface area contributed by atoms with Crippen LogP contribution in [0, 0.1) is 12.7 Å². The smallest absolute Gasteiger partial charge is 0.130 e. The van der Waals surface area contributed by atoms with Gasteiger partial charge in [0.1, 0.15) is 5.82 Å². The molecule has 0 unspecified atom stereocenters. The van der Waals surface area contributed by atoms with Gasteiger partial charge in [0, 0.05) is 23.8 Å². The highest BCUT2D eigenvalue weighted by molar-refractivity contribution is 5.49. The van der Waals surface area contributed by atoms with Crippen molar-refractivity contribution in [3.8, 4) is 0 Å². The molecular weight excluding hydrogens is 169 g/mol. The molecule has 0 aromatic heterocycles. The molecule has 0 heterocycles. The minimum Gasteiger partial charge on any atom is -0.398 e. The van der Waals surface area contributed by atoms with Gasteiger partial charge < -0.3 is 17.2 Å². The predicted molar refractivity (Wildman–Crippen MR) is 51.5 cm³/mol. The van der Waals surface area contributed by atoms with Gasteiger partial charge in [0.2, 0.25) is 0 Å². The molecule has 4 heteroatoms. The van der Waals surface area contributed by atoms with E-state index in [0.29, 0.717) is 11.3 Å². The average molecular weight is 183 g/mol. The van der Waals surface area contributed by atoms with Crippen molar-refractivity contribution in [1.29, 1.82) is 0 Å².